The van der Waals surface area contributed by atoms with Crippen LogP contribution in [0.3, 0.4) is 0 Å². The van der Waals surface area contributed by atoms with E-state index in [1.165, 1.54) is 5.56 Å². The molecule has 0 saturated heterocycles. The van der Waals surface area contributed by atoms with Crippen LogP contribution in [0, 0.1) is 12.3 Å². The van der Waals surface area contributed by atoms with Crippen LogP contribution in [-0.4, -0.2) is 30.7 Å². The van der Waals surface area contributed by atoms with Gasteiger partial charge in [-0.15, -0.1) is 6.42 Å². The zero-order chi connectivity index (χ0) is 18.9. The molecule has 0 aliphatic rings. The van der Waals surface area contributed by atoms with Crippen molar-refractivity contribution < 1.29 is 9.47 Å². The molecule has 0 aliphatic carbocycles. The summed E-state index contributed by atoms with van der Waals surface area (Å²) in [5.74, 6) is 3.78. The summed E-state index contributed by atoms with van der Waals surface area (Å²) in [6.07, 6.45) is 6.84. The summed E-state index contributed by atoms with van der Waals surface area (Å²) >= 11 is 11.5. The molecule has 2 aromatic rings. The average molecular weight is 388 g/mol. The molecule has 0 fully saturated rings. The number of terminal acetylenes is 1. The number of aryl methyl sites for hydroxylation is 1. The van der Waals surface area contributed by atoms with E-state index in [-0.39, 0.29) is 6.61 Å². The smallest absolute Gasteiger partial charge is 0.162 e. The molecule has 2 aromatic carbocycles. The standard InChI is InChI=1S/C21H22ClNO2S/c1-4-13-25-19-11-7-16(14-20(19)24-3)8-12-21(26)23(2)15-17-5-9-18(22)10-6-17/h1,5-7,9-11,14H,8,12-13,15H2,2-3H3. The molecule has 0 bridgehead atoms. The molecule has 26 heavy (non-hydrogen) atoms. The van der Waals surface area contributed by atoms with Gasteiger partial charge >= 0.3 is 0 Å². The van der Waals surface area contributed by atoms with Gasteiger partial charge in [0.1, 0.15) is 6.61 Å². The van der Waals surface area contributed by atoms with E-state index in [2.05, 4.69) is 10.8 Å². The lowest BCUT2D eigenvalue weighted by Gasteiger charge is -2.20. The topological polar surface area (TPSA) is 21.7 Å². The Morgan fingerprint density at radius 3 is 2.50 bits per heavy atom. The molecule has 2 rings (SSSR count). The van der Waals surface area contributed by atoms with Crippen LogP contribution < -0.4 is 9.47 Å². The first kappa shape index (κ1) is 20.1. The molecule has 136 valence electrons. The normalized spacial score (nSPS) is 10.1. The zero-order valence-corrected chi connectivity index (χ0v) is 16.6. The van der Waals surface area contributed by atoms with Gasteiger partial charge in [-0.25, -0.2) is 0 Å². The van der Waals surface area contributed by atoms with Gasteiger partial charge < -0.3 is 14.4 Å². The SMILES string of the molecule is C#CCOc1ccc(CCC(=S)N(C)Cc2ccc(Cl)cc2)cc1OC. The lowest BCUT2D eigenvalue weighted by Crippen LogP contribution is -2.24. The predicted molar refractivity (Wildman–Crippen MR) is 111 cm³/mol. The molecule has 3 nitrogen and oxygen atoms in total. The van der Waals surface area contributed by atoms with Crippen molar-refractivity contribution in [2.75, 3.05) is 20.8 Å². The van der Waals surface area contributed by atoms with Gasteiger partial charge in [0.2, 0.25) is 0 Å². The highest BCUT2D eigenvalue weighted by Gasteiger charge is 2.09. The molecule has 5 heteroatoms. The first-order valence-electron chi connectivity index (χ1n) is 8.25. The molecule has 0 aromatic heterocycles. The molecular weight excluding hydrogens is 366 g/mol. The maximum Gasteiger partial charge on any atom is 0.162 e. The largest absolute Gasteiger partial charge is 0.493 e. The Morgan fingerprint density at radius 1 is 1.15 bits per heavy atom. The maximum absolute atomic E-state index is 5.92. The van der Waals surface area contributed by atoms with Crippen molar-refractivity contribution >= 4 is 28.8 Å². The van der Waals surface area contributed by atoms with Crippen LogP contribution in [0.2, 0.25) is 5.02 Å². The van der Waals surface area contributed by atoms with Crippen LogP contribution in [-0.2, 0) is 13.0 Å². The number of halogens is 1. The molecule has 0 amide bonds. The van der Waals surface area contributed by atoms with E-state index in [0.29, 0.717) is 11.5 Å². The van der Waals surface area contributed by atoms with Crippen molar-refractivity contribution in [3.63, 3.8) is 0 Å². The third kappa shape index (κ3) is 5.94. The number of hydrogen-bond acceptors (Lipinski definition) is 3. The predicted octanol–water partition coefficient (Wildman–Crippen LogP) is 4.75. The first-order valence-corrected chi connectivity index (χ1v) is 9.03. The van der Waals surface area contributed by atoms with Crippen LogP contribution in [0.5, 0.6) is 11.5 Å². The fourth-order valence-corrected chi connectivity index (χ4v) is 2.79. The van der Waals surface area contributed by atoms with E-state index in [9.17, 15) is 0 Å². The number of rotatable bonds is 8. The number of ether oxygens (including phenoxy) is 2. The molecular formula is C21H22ClNO2S. The first-order chi connectivity index (χ1) is 12.5. The molecule has 0 unspecified atom stereocenters. The van der Waals surface area contributed by atoms with Gasteiger partial charge in [0, 0.05) is 25.0 Å². The van der Waals surface area contributed by atoms with Crippen molar-refractivity contribution in [2.45, 2.75) is 19.4 Å². The third-order valence-corrected chi connectivity index (χ3v) is 4.69. The second kappa shape index (κ2) is 10.1. The van der Waals surface area contributed by atoms with Gasteiger partial charge in [-0.1, -0.05) is 47.9 Å². The highest BCUT2D eigenvalue weighted by Crippen LogP contribution is 2.28. The van der Waals surface area contributed by atoms with Crippen molar-refractivity contribution in [3.05, 3.63) is 58.6 Å². The van der Waals surface area contributed by atoms with Gasteiger partial charge in [0.25, 0.3) is 0 Å². The van der Waals surface area contributed by atoms with E-state index in [4.69, 9.17) is 39.7 Å². The van der Waals surface area contributed by atoms with Crippen LogP contribution in [0.25, 0.3) is 0 Å². The van der Waals surface area contributed by atoms with Crippen LogP contribution in [0.15, 0.2) is 42.5 Å². The minimum absolute atomic E-state index is 0.218. The molecule has 0 heterocycles. The number of benzene rings is 2. The zero-order valence-electron chi connectivity index (χ0n) is 15.0. The molecule has 0 saturated carbocycles. The lowest BCUT2D eigenvalue weighted by atomic mass is 10.1. The van der Waals surface area contributed by atoms with Crippen molar-refractivity contribution in [1.29, 1.82) is 0 Å². The Kier molecular flexibility index (Phi) is 7.77. The Morgan fingerprint density at radius 2 is 1.85 bits per heavy atom. The Bertz CT molecular complexity index is 784. The van der Waals surface area contributed by atoms with E-state index in [1.54, 1.807) is 7.11 Å². The second-order valence-electron chi connectivity index (χ2n) is 5.85. The summed E-state index contributed by atoms with van der Waals surface area (Å²) in [5.41, 5.74) is 2.31. The monoisotopic (exact) mass is 387 g/mol. The summed E-state index contributed by atoms with van der Waals surface area (Å²) in [4.78, 5) is 2.99. The van der Waals surface area contributed by atoms with Crippen molar-refractivity contribution in [3.8, 4) is 23.8 Å². The number of nitrogens with zero attached hydrogens (tertiary/aromatic N) is 1. The Labute approximate surface area is 165 Å². The minimum Gasteiger partial charge on any atom is -0.493 e. The number of thiocarbonyl (C=S) groups is 1. The van der Waals surface area contributed by atoms with E-state index < -0.39 is 0 Å². The lowest BCUT2D eigenvalue weighted by molar-refractivity contribution is 0.330. The van der Waals surface area contributed by atoms with Crippen molar-refractivity contribution in [2.24, 2.45) is 0 Å². The fraction of sp³-hybridized carbons (Fsp3) is 0.286. The Hall–Kier alpha value is -2.22. The molecule has 0 N–H and O–H groups in total. The Balaban J connectivity index is 1.91. The van der Waals surface area contributed by atoms with E-state index in [0.717, 1.165) is 35.0 Å². The molecule has 0 radical (unpaired) electrons. The summed E-state index contributed by atoms with van der Waals surface area (Å²) < 4.78 is 10.8. The maximum atomic E-state index is 5.92. The van der Waals surface area contributed by atoms with Crippen LogP contribution in [0.4, 0.5) is 0 Å². The molecule has 0 aliphatic heterocycles. The van der Waals surface area contributed by atoms with Gasteiger partial charge in [-0.05, 0) is 41.8 Å². The van der Waals surface area contributed by atoms with Gasteiger partial charge in [-0.2, -0.15) is 0 Å². The molecule has 0 spiro atoms. The number of hydrogen-bond donors (Lipinski definition) is 0. The van der Waals surface area contributed by atoms with Gasteiger partial charge in [-0.3, -0.25) is 0 Å². The van der Waals surface area contributed by atoms with E-state index in [1.807, 2.05) is 49.5 Å². The summed E-state index contributed by atoms with van der Waals surface area (Å²) in [6.45, 7) is 0.980. The summed E-state index contributed by atoms with van der Waals surface area (Å²) in [5, 5.41) is 0.739. The quantitative estimate of drug-likeness (QED) is 0.481. The molecule has 0 atom stereocenters. The number of methoxy groups -OCH3 is 1. The third-order valence-electron chi connectivity index (χ3n) is 3.93. The van der Waals surface area contributed by atoms with Crippen LogP contribution >= 0.6 is 23.8 Å². The highest BCUT2D eigenvalue weighted by molar-refractivity contribution is 7.80. The van der Waals surface area contributed by atoms with E-state index >= 15 is 0 Å². The summed E-state index contributed by atoms with van der Waals surface area (Å²) in [7, 11) is 3.63. The van der Waals surface area contributed by atoms with Crippen molar-refractivity contribution in [1.82, 2.24) is 4.90 Å². The average Bonchev–Trinajstić information content (AvgIpc) is 2.66. The second-order valence-corrected chi connectivity index (χ2v) is 6.76. The summed E-state index contributed by atoms with van der Waals surface area (Å²) in [6, 6.07) is 13.7. The van der Waals surface area contributed by atoms with Gasteiger partial charge in [0.15, 0.2) is 11.5 Å². The highest BCUT2D eigenvalue weighted by atomic mass is 35.5. The minimum atomic E-state index is 0.218. The van der Waals surface area contributed by atoms with Gasteiger partial charge in [0.05, 0.1) is 12.1 Å². The van der Waals surface area contributed by atoms with Crippen LogP contribution in [0.1, 0.15) is 17.5 Å². The fourth-order valence-electron chi connectivity index (χ4n) is 2.50.